The smallest absolute Gasteiger partial charge is 0.256 e. The molecular weight excluding hydrogens is 368 g/mol. The van der Waals surface area contributed by atoms with Crippen molar-refractivity contribution in [3.05, 3.63) is 27.4 Å². The fourth-order valence-corrected chi connectivity index (χ4v) is 5.25. The maximum absolute atomic E-state index is 12.8. The second-order valence-corrected chi connectivity index (χ2v) is 9.27. The molecule has 1 unspecified atom stereocenters. The second-order valence-electron chi connectivity index (χ2n) is 9.27. The number of hydrogen-bond acceptors (Lipinski definition) is 4. The van der Waals surface area contributed by atoms with Crippen LogP contribution in [0.5, 0.6) is 0 Å². The summed E-state index contributed by atoms with van der Waals surface area (Å²) in [5.41, 5.74) is 1.36. The third kappa shape index (κ3) is 3.71. The quantitative estimate of drug-likeness (QED) is 0.843. The molecule has 7 nitrogen and oxygen atoms in total. The molecule has 1 saturated heterocycles. The van der Waals surface area contributed by atoms with Crippen LogP contribution in [0.15, 0.2) is 4.79 Å². The molecule has 2 amide bonds. The molecule has 29 heavy (non-hydrogen) atoms. The highest BCUT2D eigenvalue weighted by Crippen LogP contribution is 2.33. The summed E-state index contributed by atoms with van der Waals surface area (Å²) in [5, 5.41) is 0. The summed E-state index contributed by atoms with van der Waals surface area (Å²) in [4.78, 5) is 49.6. The molecule has 2 saturated carbocycles. The molecule has 156 valence electrons. The number of nitrogens with one attached hydrogen (secondary N) is 1. The molecule has 5 rings (SSSR count). The fraction of sp³-hybridized carbons (Fsp3) is 0.727. The lowest BCUT2D eigenvalue weighted by Crippen LogP contribution is -2.43. The van der Waals surface area contributed by atoms with Gasteiger partial charge < -0.3 is 14.8 Å². The molecule has 0 spiro atoms. The third-order valence-electron chi connectivity index (χ3n) is 7.15. The predicted molar refractivity (Wildman–Crippen MR) is 107 cm³/mol. The zero-order valence-corrected chi connectivity index (χ0v) is 17.0. The van der Waals surface area contributed by atoms with E-state index < -0.39 is 0 Å². The molecule has 0 radical (unpaired) electrons. The predicted octanol–water partition coefficient (Wildman–Crippen LogP) is 1.96. The second kappa shape index (κ2) is 7.58. The fourth-order valence-electron chi connectivity index (χ4n) is 5.25. The Labute approximate surface area is 170 Å². The Bertz CT molecular complexity index is 869. The average molecular weight is 399 g/mol. The van der Waals surface area contributed by atoms with Crippen molar-refractivity contribution < 1.29 is 9.59 Å². The number of carbonyl (C=O) groups is 2. The van der Waals surface area contributed by atoms with E-state index in [1.165, 1.54) is 0 Å². The number of H-pyrrole nitrogens is 1. The monoisotopic (exact) mass is 398 g/mol. The van der Waals surface area contributed by atoms with Gasteiger partial charge in [-0.3, -0.25) is 14.4 Å². The number of piperidine rings is 1. The highest BCUT2D eigenvalue weighted by atomic mass is 16.2. The highest BCUT2D eigenvalue weighted by Gasteiger charge is 2.36. The van der Waals surface area contributed by atoms with Gasteiger partial charge in [0.1, 0.15) is 5.82 Å². The summed E-state index contributed by atoms with van der Waals surface area (Å²) in [6.07, 6.45) is 8.86. The Kier molecular flexibility index (Phi) is 4.92. The van der Waals surface area contributed by atoms with Crippen molar-refractivity contribution in [2.75, 3.05) is 19.6 Å². The number of fused-ring (bicyclic) bond motifs is 1. The molecule has 2 aliphatic carbocycles. The molecular formula is C22H30N4O3. The number of rotatable bonds is 3. The first-order valence-electron chi connectivity index (χ1n) is 11.3. The van der Waals surface area contributed by atoms with E-state index in [1.807, 2.05) is 9.80 Å². The Balaban J connectivity index is 1.31. The summed E-state index contributed by atoms with van der Waals surface area (Å²) in [5.74, 6) is 1.67. The summed E-state index contributed by atoms with van der Waals surface area (Å²) in [6.45, 7) is 2.50. The van der Waals surface area contributed by atoms with Gasteiger partial charge >= 0.3 is 0 Å². The maximum atomic E-state index is 12.8. The Morgan fingerprint density at radius 1 is 0.897 bits per heavy atom. The summed E-state index contributed by atoms with van der Waals surface area (Å²) in [6, 6.07) is 0. The van der Waals surface area contributed by atoms with Crippen LogP contribution in [0.3, 0.4) is 0 Å². The summed E-state index contributed by atoms with van der Waals surface area (Å²) < 4.78 is 0. The van der Waals surface area contributed by atoms with Crippen LogP contribution in [-0.4, -0.2) is 51.2 Å². The van der Waals surface area contributed by atoms with Crippen LogP contribution >= 0.6 is 0 Å². The summed E-state index contributed by atoms with van der Waals surface area (Å²) >= 11 is 0. The number of aromatic nitrogens is 2. The number of likely N-dealkylation sites (tertiary alicyclic amines) is 1. The lowest BCUT2D eigenvalue weighted by atomic mass is 9.94. The van der Waals surface area contributed by atoms with Crippen molar-refractivity contribution >= 4 is 11.8 Å². The van der Waals surface area contributed by atoms with Gasteiger partial charge in [-0.1, -0.05) is 12.8 Å². The minimum Gasteiger partial charge on any atom is -0.342 e. The largest absolute Gasteiger partial charge is 0.342 e. The van der Waals surface area contributed by atoms with Crippen LogP contribution in [0.25, 0.3) is 0 Å². The molecule has 2 aliphatic heterocycles. The lowest BCUT2D eigenvalue weighted by Gasteiger charge is -2.34. The molecule has 0 aromatic carbocycles. The van der Waals surface area contributed by atoms with E-state index >= 15 is 0 Å². The van der Waals surface area contributed by atoms with Gasteiger partial charge in [-0.2, -0.15) is 0 Å². The van der Waals surface area contributed by atoms with Crippen LogP contribution in [-0.2, 0) is 22.6 Å². The Hall–Kier alpha value is -2.18. The van der Waals surface area contributed by atoms with Crippen LogP contribution in [0.1, 0.15) is 74.4 Å². The van der Waals surface area contributed by atoms with E-state index in [1.54, 1.807) is 0 Å². The molecule has 1 N–H and O–H groups in total. The number of hydrogen-bond donors (Lipinski definition) is 1. The van der Waals surface area contributed by atoms with Crippen molar-refractivity contribution in [1.29, 1.82) is 0 Å². The first-order valence-corrected chi connectivity index (χ1v) is 11.3. The molecule has 1 aromatic heterocycles. The zero-order valence-electron chi connectivity index (χ0n) is 17.0. The molecule has 4 aliphatic rings. The van der Waals surface area contributed by atoms with Gasteiger partial charge in [-0.25, -0.2) is 4.98 Å². The standard InChI is InChI=1S/C22H30N4O3/c27-20-17-13-26(22(29)15-7-8-15)11-9-18(17)23-19(24-20)16-6-3-10-25(12-16)21(28)14-4-1-2-5-14/h14-16H,1-13H2,(H,23,24,27). The van der Waals surface area contributed by atoms with Gasteiger partial charge in [-0.05, 0) is 38.5 Å². The first-order chi connectivity index (χ1) is 14.1. The molecule has 3 fully saturated rings. The lowest BCUT2D eigenvalue weighted by molar-refractivity contribution is -0.136. The van der Waals surface area contributed by atoms with Crippen LogP contribution < -0.4 is 5.56 Å². The van der Waals surface area contributed by atoms with E-state index in [0.717, 1.165) is 69.4 Å². The minimum atomic E-state index is -0.113. The van der Waals surface area contributed by atoms with Gasteiger partial charge in [0.25, 0.3) is 5.56 Å². The topological polar surface area (TPSA) is 86.4 Å². The molecule has 7 heteroatoms. The Morgan fingerprint density at radius 3 is 2.38 bits per heavy atom. The summed E-state index contributed by atoms with van der Waals surface area (Å²) in [7, 11) is 0. The third-order valence-corrected chi connectivity index (χ3v) is 7.15. The SMILES string of the molecule is O=C(C1CC1)N1CCc2nc(C3CCCN(C(=O)C4CCCC4)C3)[nH]c(=O)c2C1. The van der Waals surface area contributed by atoms with Crippen molar-refractivity contribution in [1.82, 2.24) is 19.8 Å². The van der Waals surface area contributed by atoms with Crippen molar-refractivity contribution in [3.63, 3.8) is 0 Å². The van der Waals surface area contributed by atoms with E-state index in [9.17, 15) is 14.4 Å². The van der Waals surface area contributed by atoms with Crippen molar-refractivity contribution in [3.8, 4) is 0 Å². The van der Waals surface area contributed by atoms with Crippen molar-refractivity contribution in [2.45, 2.75) is 70.3 Å². The van der Waals surface area contributed by atoms with Crippen molar-refractivity contribution in [2.24, 2.45) is 11.8 Å². The van der Waals surface area contributed by atoms with E-state index in [2.05, 4.69) is 4.98 Å². The zero-order chi connectivity index (χ0) is 20.0. The first kappa shape index (κ1) is 18.8. The van der Waals surface area contributed by atoms with E-state index in [4.69, 9.17) is 4.98 Å². The molecule has 1 aromatic rings. The minimum absolute atomic E-state index is 0.0956. The number of carbonyl (C=O) groups excluding carboxylic acids is 2. The van der Waals surface area contributed by atoms with Gasteiger partial charge in [0.15, 0.2) is 0 Å². The van der Waals surface area contributed by atoms with Crippen LogP contribution in [0.2, 0.25) is 0 Å². The van der Waals surface area contributed by atoms with Gasteiger partial charge in [-0.15, -0.1) is 0 Å². The molecule has 1 atom stereocenters. The van der Waals surface area contributed by atoms with Crippen LogP contribution in [0.4, 0.5) is 0 Å². The number of aromatic amines is 1. The molecule has 3 heterocycles. The van der Waals surface area contributed by atoms with E-state index in [0.29, 0.717) is 37.5 Å². The normalized spacial score (nSPS) is 25.2. The highest BCUT2D eigenvalue weighted by molar-refractivity contribution is 5.81. The van der Waals surface area contributed by atoms with Gasteiger partial charge in [0, 0.05) is 43.8 Å². The molecule has 0 bridgehead atoms. The number of amides is 2. The van der Waals surface area contributed by atoms with Gasteiger partial charge in [0.2, 0.25) is 11.8 Å². The number of nitrogens with zero attached hydrogens (tertiary/aromatic N) is 3. The average Bonchev–Trinajstić information content (AvgIpc) is 3.46. The van der Waals surface area contributed by atoms with Gasteiger partial charge in [0.05, 0.1) is 17.8 Å². The van der Waals surface area contributed by atoms with E-state index in [-0.39, 0.29) is 29.2 Å². The maximum Gasteiger partial charge on any atom is 0.256 e. The Morgan fingerprint density at radius 2 is 1.62 bits per heavy atom. The van der Waals surface area contributed by atoms with Crippen LogP contribution in [0, 0.1) is 11.8 Å².